The van der Waals surface area contributed by atoms with E-state index in [4.69, 9.17) is 5.73 Å². The number of amides is 3. The molecule has 0 radical (unpaired) electrons. The van der Waals surface area contributed by atoms with Gasteiger partial charge in [0.2, 0.25) is 5.91 Å². The van der Waals surface area contributed by atoms with Crippen molar-refractivity contribution in [3.05, 3.63) is 16.1 Å². The molecule has 1 saturated heterocycles. The number of thiazole rings is 1. The fraction of sp³-hybridized carbons (Fsp3) is 0.688. The van der Waals surface area contributed by atoms with Gasteiger partial charge in [-0.2, -0.15) is 0 Å². The average molecular weight is 390 g/mol. The first-order chi connectivity index (χ1) is 11.5. The maximum absolute atomic E-state index is 11.9. The van der Waals surface area contributed by atoms with Crippen molar-refractivity contribution in [2.45, 2.75) is 45.7 Å². The lowest BCUT2D eigenvalue weighted by Crippen LogP contribution is -2.46. The lowest BCUT2D eigenvalue weighted by molar-refractivity contribution is -0.120. The Morgan fingerprint density at radius 2 is 2.16 bits per heavy atom. The van der Waals surface area contributed by atoms with Gasteiger partial charge in [-0.3, -0.25) is 9.69 Å². The molecule has 1 aliphatic heterocycles. The molecular weight excluding hydrogens is 362 g/mol. The zero-order valence-electron chi connectivity index (χ0n) is 14.8. The molecule has 2 rings (SSSR count). The van der Waals surface area contributed by atoms with E-state index in [1.165, 1.54) is 0 Å². The third-order valence-electron chi connectivity index (χ3n) is 4.23. The van der Waals surface area contributed by atoms with E-state index in [0.717, 1.165) is 49.6 Å². The molecule has 1 fully saturated rings. The summed E-state index contributed by atoms with van der Waals surface area (Å²) in [5.74, 6) is 0.237. The van der Waals surface area contributed by atoms with Crippen molar-refractivity contribution in [1.82, 2.24) is 20.5 Å². The summed E-state index contributed by atoms with van der Waals surface area (Å²) in [5.41, 5.74) is 6.11. The van der Waals surface area contributed by atoms with Crippen molar-refractivity contribution >= 4 is 35.7 Å². The van der Waals surface area contributed by atoms with Gasteiger partial charge in [0.1, 0.15) is 0 Å². The fourth-order valence-electron chi connectivity index (χ4n) is 3.15. The highest BCUT2D eigenvalue weighted by Gasteiger charge is 2.33. The van der Waals surface area contributed by atoms with Crippen molar-refractivity contribution in [2.24, 2.45) is 11.7 Å². The quantitative estimate of drug-likeness (QED) is 0.627. The molecule has 0 aromatic carbocycles. The number of likely N-dealkylation sites (tertiary alicyclic amines) is 1. The number of nitrogens with two attached hydrogens (primary N) is 1. The van der Waals surface area contributed by atoms with E-state index in [-0.39, 0.29) is 30.9 Å². The Bertz CT molecular complexity index is 568. The monoisotopic (exact) mass is 389 g/mol. The van der Waals surface area contributed by atoms with E-state index in [1.807, 2.05) is 0 Å². The van der Waals surface area contributed by atoms with Gasteiger partial charge in [0, 0.05) is 31.1 Å². The van der Waals surface area contributed by atoms with Gasteiger partial charge in [-0.25, -0.2) is 9.78 Å². The number of aryl methyl sites for hydroxylation is 1. The summed E-state index contributed by atoms with van der Waals surface area (Å²) in [4.78, 5) is 29.6. The molecule has 3 amide bonds. The van der Waals surface area contributed by atoms with Crippen molar-refractivity contribution in [3.63, 3.8) is 0 Å². The number of halogens is 1. The molecule has 0 aliphatic carbocycles. The Labute approximate surface area is 159 Å². The van der Waals surface area contributed by atoms with Crippen LogP contribution in [-0.2, 0) is 17.8 Å². The van der Waals surface area contributed by atoms with Crippen LogP contribution in [0.25, 0.3) is 0 Å². The standard InChI is InChI=1S/C16H27N5O2S.ClH/c1-3-5-11-7-21(8-12-10-24-15(4-2)19-12)9-13(11)20-14(22)6-18-16(17)23;/h10-11,13H,3-9H2,1-2H3,(H,20,22)(H3,17,18,23);1H/t11-,13-;/m0./s1. The van der Waals surface area contributed by atoms with Crippen LogP contribution in [0.3, 0.4) is 0 Å². The smallest absolute Gasteiger partial charge is 0.312 e. The van der Waals surface area contributed by atoms with Crippen LogP contribution < -0.4 is 16.4 Å². The number of nitrogens with zero attached hydrogens (tertiary/aromatic N) is 2. The van der Waals surface area contributed by atoms with Crippen LogP contribution in [0, 0.1) is 5.92 Å². The second-order valence-corrected chi connectivity index (χ2v) is 7.16. The molecule has 1 aliphatic rings. The third-order valence-corrected chi connectivity index (χ3v) is 5.27. The Morgan fingerprint density at radius 3 is 2.76 bits per heavy atom. The molecule has 0 bridgehead atoms. The molecule has 2 atom stereocenters. The van der Waals surface area contributed by atoms with E-state index in [0.29, 0.717) is 5.92 Å². The van der Waals surface area contributed by atoms with Crippen molar-refractivity contribution in [3.8, 4) is 0 Å². The first-order valence-corrected chi connectivity index (χ1v) is 9.38. The Balaban J connectivity index is 0.00000312. The van der Waals surface area contributed by atoms with Crippen molar-refractivity contribution in [1.29, 1.82) is 0 Å². The van der Waals surface area contributed by atoms with Crippen molar-refractivity contribution < 1.29 is 9.59 Å². The molecule has 142 valence electrons. The number of urea groups is 1. The average Bonchev–Trinajstić information content (AvgIpc) is 3.13. The highest BCUT2D eigenvalue weighted by atomic mass is 35.5. The zero-order valence-corrected chi connectivity index (χ0v) is 16.4. The first kappa shape index (κ1) is 21.7. The molecule has 1 aromatic heterocycles. The molecule has 25 heavy (non-hydrogen) atoms. The number of nitrogens with one attached hydrogen (secondary N) is 2. The van der Waals surface area contributed by atoms with Crippen LogP contribution in [0.15, 0.2) is 5.38 Å². The Hall–Kier alpha value is -1.38. The molecule has 4 N–H and O–H groups in total. The fourth-order valence-corrected chi connectivity index (χ4v) is 3.89. The van der Waals surface area contributed by atoms with Crippen LogP contribution in [-0.4, -0.2) is 47.5 Å². The second kappa shape index (κ2) is 10.6. The number of carbonyl (C=O) groups excluding carboxylic acids is 2. The largest absolute Gasteiger partial charge is 0.352 e. The van der Waals surface area contributed by atoms with Crippen LogP contribution >= 0.6 is 23.7 Å². The number of carbonyl (C=O) groups is 2. The Kier molecular flexibility index (Phi) is 9.16. The van der Waals surface area contributed by atoms with Gasteiger partial charge in [-0.1, -0.05) is 20.3 Å². The Morgan fingerprint density at radius 1 is 1.40 bits per heavy atom. The minimum atomic E-state index is -0.682. The van der Waals surface area contributed by atoms with Crippen LogP contribution in [0.2, 0.25) is 0 Å². The van der Waals surface area contributed by atoms with Gasteiger partial charge in [0.05, 0.1) is 17.2 Å². The maximum atomic E-state index is 11.9. The van der Waals surface area contributed by atoms with E-state index in [1.54, 1.807) is 11.3 Å². The second-order valence-electron chi connectivity index (χ2n) is 6.22. The summed E-state index contributed by atoms with van der Waals surface area (Å²) in [6.07, 6.45) is 3.12. The van der Waals surface area contributed by atoms with Gasteiger partial charge in [-0.05, 0) is 18.8 Å². The number of aromatic nitrogens is 1. The topological polar surface area (TPSA) is 100 Å². The maximum Gasteiger partial charge on any atom is 0.312 e. The normalized spacial score (nSPS) is 20.1. The van der Waals surface area contributed by atoms with Crippen LogP contribution in [0.1, 0.15) is 37.4 Å². The number of primary amides is 1. The summed E-state index contributed by atoms with van der Waals surface area (Å²) >= 11 is 1.71. The SMILES string of the molecule is CCC[C@H]1CN(Cc2csc(CC)n2)C[C@@H]1NC(=O)CNC(N)=O.Cl. The van der Waals surface area contributed by atoms with Crippen molar-refractivity contribution in [2.75, 3.05) is 19.6 Å². The van der Waals surface area contributed by atoms with E-state index in [9.17, 15) is 9.59 Å². The number of rotatable bonds is 8. The molecule has 0 unspecified atom stereocenters. The van der Waals surface area contributed by atoms with Crippen LogP contribution in [0.4, 0.5) is 4.79 Å². The molecule has 0 saturated carbocycles. The molecule has 7 nitrogen and oxygen atoms in total. The molecule has 9 heteroatoms. The van der Waals surface area contributed by atoms with Gasteiger partial charge in [0.15, 0.2) is 0 Å². The minimum Gasteiger partial charge on any atom is -0.352 e. The van der Waals surface area contributed by atoms with Crippen LogP contribution in [0.5, 0.6) is 0 Å². The molecule has 2 heterocycles. The lowest BCUT2D eigenvalue weighted by atomic mass is 9.98. The highest BCUT2D eigenvalue weighted by molar-refractivity contribution is 7.09. The number of hydrogen-bond acceptors (Lipinski definition) is 5. The summed E-state index contributed by atoms with van der Waals surface area (Å²) in [6, 6.07) is -0.574. The lowest BCUT2D eigenvalue weighted by Gasteiger charge is -2.19. The predicted molar refractivity (Wildman–Crippen MR) is 102 cm³/mol. The van der Waals surface area contributed by atoms with E-state index >= 15 is 0 Å². The van der Waals surface area contributed by atoms with E-state index in [2.05, 4.69) is 39.7 Å². The summed E-state index contributed by atoms with van der Waals surface area (Å²) in [6.45, 7) is 6.79. The van der Waals surface area contributed by atoms with Gasteiger partial charge in [-0.15, -0.1) is 23.7 Å². The van der Waals surface area contributed by atoms with Gasteiger partial charge < -0.3 is 16.4 Å². The highest BCUT2D eigenvalue weighted by Crippen LogP contribution is 2.24. The molecule has 1 aromatic rings. The van der Waals surface area contributed by atoms with Gasteiger partial charge in [0.25, 0.3) is 0 Å². The van der Waals surface area contributed by atoms with E-state index < -0.39 is 6.03 Å². The predicted octanol–water partition coefficient (Wildman–Crippen LogP) is 1.51. The molecular formula is C16H28ClN5O2S. The summed E-state index contributed by atoms with van der Waals surface area (Å²) in [7, 11) is 0. The first-order valence-electron chi connectivity index (χ1n) is 8.50. The molecule has 0 spiro atoms. The summed E-state index contributed by atoms with van der Waals surface area (Å²) < 4.78 is 0. The third kappa shape index (κ3) is 6.80. The number of hydrogen-bond donors (Lipinski definition) is 3. The zero-order chi connectivity index (χ0) is 17.5. The summed E-state index contributed by atoms with van der Waals surface area (Å²) in [5, 5.41) is 8.65. The minimum absolute atomic E-state index is 0. The van der Waals surface area contributed by atoms with Gasteiger partial charge >= 0.3 is 6.03 Å².